The van der Waals surface area contributed by atoms with Gasteiger partial charge in [0.25, 0.3) is 5.91 Å². The summed E-state index contributed by atoms with van der Waals surface area (Å²) in [7, 11) is 0. The van der Waals surface area contributed by atoms with Crippen LogP contribution in [0.3, 0.4) is 0 Å². The van der Waals surface area contributed by atoms with Gasteiger partial charge in [-0.1, -0.05) is 11.6 Å². The maximum absolute atomic E-state index is 11.6. The van der Waals surface area contributed by atoms with Crippen LogP contribution in [-0.4, -0.2) is 18.2 Å². The van der Waals surface area contributed by atoms with Crippen molar-refractivity contribution in [3.63, 3.8) is 0 Å². The molecule has 15 heavy (non-hydrogen) atoms. The van der Waals surface area contributed by atoms with Crippen molar-refractivity contribution in [3.8, 4) is 0 Å². The van der Waals surface area contributed by atoms with E-state index in [1.165, 1.54) is 0 Å². The SMILES string of the molecule is C[C@@H](CC=O)NC(=O)c1ccc(Cl)cc1. The van der Waals surface area contributed by atoms with E-state index in [0.29, 0.717) is 17.0 Å². The van der Waals surface area contributed by atoms with Crippen molar-refractivity contribution in [1.82, 2.24) is 5.32 Å². The van der Waals surface area contributed by atoms with E-state index in [-0.39, 0.29) is 11.9 Å². The zero-order valence-electron chi connectivity index (χ0n) is 8.37. The number of rotatable bonds is 4. The monoisotopic (exact) mass is 225 g/mol. The van der Waals surface area contributed by atoms with Gasteiger partial charge in [-0.25, -0.2) is 0 Å². The van der Waals surface area contributed by atoms with Crippen LogP contribution in [-0.2, 0) is 4.79 Å². The highest BCUT2D eigenvalue weighted by Gasteiger charge is 2.08. The van der Waals surface area contributed by atoms with Gasteiger partial charge in [0.1, 0.15) is 6.29 Å². The summed E-state index contributed by atoms with van der Waals surface area (Å²) in [6.45, 7) is 1.78. The molecule has 0 heterocycles. The first-order valence-electron chi connectivity index (χ1n) is 4.63. The number of hydrogen-bond donors (Lipinski definition) is 1. The van der Waals surface area contributed by atoms with Crippen LogP contribution in [0.2, 0.25) is 5.02 Å². The minimum atomic E-state index is -0.194. The Morgan fingerprint density at radius 3 is 2.60 bits per heavy atom. The molecule has 0 aliphatic heterocycles. The molecule has 1 aromatic carbocycles. The molecule has 80 valence electrons. The number of carbonyl (C=O) groups excluding carboxylic acids is 2. The number of hydrogen-bond acceptors (Lipinski definition) is 2. The van der Waals surface area contributed by atoms with Gasteiger partial charge in [0.05, 0.1) is 0 Å². The molecule has 1 rings (SSSR count). The Morgan fingerprint density at radius 1 is 1.47 bits per heavy atom. The topological polar surface area (TPSA) is 46.2 Å². The van der Waals surface area contributed by atoms with Gasteiger partial charge >= 0.3 is 0 Å². The lowest BCUT2D eigenvalue weighted by atomic mass is 10.2. The normalized spacial score (nSPS) is 11.9. The Balaban J connectivity index is 2.61. The molecule has 0 bridgehead atoms. The average molecular weight is 226 g/mol. The summed E-state index contributed by atoms with van der Waals surface area (Å²) < 4.78 is 0. The van der Waals surface area contributed by atoms with Crippen LogP contribution in [0.4, 0.5) is 0 Å². The summed E-state index contributed by atoms with van der Waals surface area (Å²) in [5.41, 5.74) is 0.539. The number of carbonyl (C=O) groups is 2. The van der Waals surface area contributed by atoms with Crippen LogP contribution in [0.5, 0.6) is 0 Å². The van der Waals surface area contributed by atoms with E-state index in [4.69, 9.17) is 11.6 Å². The zero-order chi connectivity index (χ0) is 11.3. The number of nitrogens with one attached hydrogen (secondary N) is 1. The molecule has 0 fully saturated rings. The van der Waals surface area contributed by atoms with Crippen molar-refractivity contribution in [2.75, 3.05) is 0 Å². The molecule has 0 saturated carbocycles. The van der Waals surface area contributed by atoms with Crippen molar-refractivity contribution >= 4 is 23.8 Å². The van der Waals surface area contributed by atoms with E-state index in [1.54, 1.807) is 31.2 Å². The number of amides is 1. The van der Waals surface area contributed by atoms with Gasteiger partial charge < -0.3 is 10.1 Å². The van der Waals surface area contributed by atoms with Crippen molar-refractivity contribution in [3.05, 3.63) is 34.9 Å². The second-order valence-corrected chi connectivity index (χ2v) is 3.72. The lowest BCUT2D eigenvalue weighted by Crippen LogP contribution is -2.32. The van der Waals surface area contributed by atoms with Crippen LogP contribution in [0.1, 0.15) is 23.7 Å². The number of halogens is 1. The largest absolute Gasteiger partial charge is 0.349 e. The maximum Gasteiger partial charge on any atom is 0.251 e. The number of benzene rings is 1. The Kier molecular flexibility index (Phi) is 4.31. The third kappa shape index (κ3) is 3.72. The highest BCUT2D eigenvalue weighted by molar-refractivity contribution is 6.30. The molecule has 1 atom stereocenters. The fourth-order valence-corrected chi connectivity index (χ4v) is 1.24. The highest BCUT2D eigenvalue weighted by Crippen LogP contribution is 2.09. The smallest absolute Gasteiger partial charge is 0.251 e. The first kappa shape index (κ1) is 11.7. The summed E-state index contributed by atoms with van der Waals surface area (Å²) in [6.07, 6.45) is 1.10. The molecule has 0 aromatic heterocycles. The molecule has 4 heteroatoms. The van der Waals surface area contributed by atoms with Gasteiger partial charge in [-0.05, 0) is 31.2 Å². The van der Waals surface area contributed by atoms with Crippen LogP contribution in [0.25, 0.3) is 0 Å². The molecular formula is C11H12ClNO2. The van der Waals surface area contributed by atoms with Crippen LogP contribution < -0.4 is 5.32 Å². The third-order valence-electron chi connectivity index (χ3n) is 1.93. The van der Waals surface area contributed by atoms with Crippen molar-refractivity contribution in [1.29, 1.82) is 0 Å². The molecule has 0 spiro atoms. The second-order valence-electron chi connectivity index (χ2n) is 3.28. The van der Waals surface area contributed by atoms with E-state index in [1.807, 2.05) is 0 Å². The fraction of sp³-hybridized carbons (Fsp3) is 0.273. The summed E-state index contributed by atoms with van der Waals surface area (Å²) >= 11 is 5.69. The first-order valence-corrected chi connectivity index (χ1v) is 5.01. The summed E-state index contributed by atoms with van der Waals surface area (Å²) in [6, 6.07) is 6.45. The minimum Gasteiger partial charge on any atom is -0.349 e. The van der Waals surface area contributed by atoms with Gasteiger partial charge in [0, 0.05) is 23.0 Å². The predicted octanol–water partition coefficient (Wildman–Crippen LogP) is 2.05. The summed E-state index contributed by atoms with van der Waals surface area (Å²) in [5.74, 6) is -0.194. The highest BCUT2D eigenvalue weighted by atomic mass is 35.5. The predicted molar refractivity (Wildman–Crippen MR) is 59.1 cm³/mol. The van der Waals surface area contributed by atoms with E-state index < -0.39 is 0 Å². The molecule has 1 amide bonds. The molecule has 1 aromatic rings. The molecule has 0 aliphatic carbocycles. The maximum atomic E-state index is 11.6. The second kappa shape index (κ2) is 5.51. The number of aldehydes is 1. The van der Waals surface area contributed by atoms with Gasteiger partial charge in [-0.3, -0.25) is 4.79 Å². The zero-order valence-corrected chi connectivity index (χ0v) is 9.12. The molecule has 1 N–H and O–H groups in total. The molecule has 0 aliphatic rings. The van der Waals surface area contributed by atoms with Gasteiger partial charge in [0.2, 0.25) is 0 Å². The lowest BCUT2D eigenvalue weighted by molar-refractivity contribution is -0.108. The van der Waals surface area contributed by atoms with E-state index in [0.717, 1.165) is 6.29 Å². The Morgan fingerprint density at radius 2 is 2.07 bits per heavy atom. The average Bonchev–Trinajstić information content (AvgIpc) is 2.18. The van der Waals surface area contributed by atoms with Crippen molar-refractivity contribution in [2.24, 2.45) is 0 Å². The summed E-state index contributed by atoms with van der Waals surface area (Å²) in [4.78, 5) is 21.8. The Bertz CT molecular complexity index is 348. The quantitative estimate of drug-likeness (QED) is 0.798. The van der Waals surface area contributed by atoms with E-state index in [2.05, 4.69) is 5.32 Å². The molecular weight excluding hydrogens is 214 g/mol. The minimum absolute atomic E-state index is 0.148. The van der Waals surface area contributed by atoms with Crippen LogP contribution in [0.15, 0.2) is 24.3 Å². The molecule has 3 nitrogen and oxygen atoms in total. The summed E-state index contributed by atoms with van der Waals surface area (Å²) in [5, 5.41) is 3.29. The van der Waals surface area contributed by atoms with Gasteiger partial charge in [-0.2, -0.15) is 0 Å². The van der Waals surface area contributed by atoms with Gasteiger partial charge in [0.15, 0.2) is 0 Å². The van der Waals surface area contributed by atoms with Crippen molar-refractivity contribution in [2.45, 2.75) is 19.4 Å². The molecule has 0 saturated heterocycles. The fourth-order valence-electron chi connectivity index (χ4n) is 1.11. The lowest BCUT2D eigenvalue weighted by Gasteiger charge is -2.10. The standard InChI is InChI=1S/C11H12ClNO2/c1-8(6-7-14)13-11(15)9-2-4-10(12)5-3-9/h2-5,7-8H,6H2,1H3,(H,13,15)/t8-/m0/s1. The van der Waals surface area contributed by atoms with E-state index in [9.17, 15) is 9.59 Å². The third-order valence-corrected chi connectivity index (χ3v) is 2.19. The first-order chi connectivity index (χ1) is 7.13. The van der Waals surface area contributed by atoms with Crippen LogP contribution >= 0.6 is 11.6 Å². The molecule has 0 unspecified atom stereocenters. The van der Waals surface area contributed by atoms with Crippen molar-refractivity contribution < 1.29 is 9.59 Å². The Labute approximate surface area is 93.4 Å². The van der Waals surface area contributed by atoms with Gasteiger partial charge in [-0.15, -0.1) is 0 Å². The molecule has 0 radical (unpaired) electrons. The van der Waals surface area contributed by atoms with E-state index >= 15 is 0 Å². The Hall–Kier alpha value is -1.35. The van der Waals surface area contributed by atoms with Crippen LogP contribution in [0, 0.1) is 0 Å².